The van der Waals surface area contributed by atoms with Crippen molar-refractivity contribution in [3.05, 3.63) is 54.0 Å². The minimum absolute atomic E-state index is 0.000765. The zero-order valence-electron chi connectivity index (χ0n) is 15.9. The maximum Gasteiger partial charge on any atom is 0.224 e. The molecular formula is C20H17ClFN7O. The first-order chi connectivity index (χ1) is 14.6. The van der Waals surface area contributed by atoms with E-state index >= 15 is 0 Å². The molecule has 4 rings (SSSR count). The number of rotatable bonds is 6. The van der Waals surface area contributed by atoms with Crippen molar-refractivity contribution in [2.24, 2.45) is 0 Å². The molecule has 0 radical (unpaired) electrons. The van der Waals surface area contributed by atoms with Gasteiger partial charge in [0.25, 0.3) is 0 Å². The quantitative estimate of drug-likeness (QED) is 0.413. The van der Waals surface area contributed by atoms with Crippen molar-refractivity contribution in [1.82, 2.24) is 24.9 Å². The van der Waals surface area contributed by atoms with Crippen LogP contribution in [-0.4, -0.2) is 30.8 Å². The Bertz CT molecular complexity index is 1230. The number of nitrogens with one attached hydrogen (secondary N) is 3. The highest BCUT2D eigenvalue weighted by atomic mass is 35.5. The Kier molecular flexibility index (Phi) is 5.53. The predicted molar refractivity (Wildman–Crippen MR) is 113 cm³/mol. The van der Waals surface area contributed by atoms with E-state index < -0.39 is 5.82 Å². The van der Waals surface area contributed by atoms with Crippen LogP contribution in [0, 0.1) is 5.82 Å². The van der Waals surface area contributed by atoms with Gasteiger partial charge in [0.2, 0.25) is 5.91 Å². The third-order valence-electron chi connectivity index (χ3n) is 4.37. The van der Waals surface area contributed by atoms with Gasteiger partial charge in [-0.3, -0.25) is 4.79 Å². The zero-order valence-corrected chi connectivity index (χ0v) is 16.7. The summed E-state index contributed by atoms with van der Waals surface area (Å²) in [7, 11) is 0. The van der Waals surface area contributed by atoms with Crippen LogP contribution in [0.15, 0.2) is 43.1 Å². The summed E-state index contributed by atoms with van der Waals surface area (Å²) in [5, 5.41) is 5.69. The molecule has 0 aliphatic heterocycles. The van der Waals surface area contributed by atoms with Gasteiger partial charge >= 0.3 is 0 Å². The Labute approximate surface area is 176 Å². The van der Waals surface area contributed by atoms with Crippen LogP contribution >= 0.6 is 11.6 Å². The van der Waals surface area contributed by atoms with Gasteiger partial charge in [0.15, 0.2) is 5.65 Å². The second-order valence-electron chi connectivity index (χ2n) is 6.43. The van der Waals surface area contributed by atoms with E-state index in [4.69, 9.17) is 11.6 Å². The number of benzene rings is 1. The van der Waals surface area contributed by atoms with Crippen molar-refractivity contribution < 1.29 is 9.18 Å². The molecule has 0 atom stereocenters. The van der Waals surface area contributed by atoms with E-state index in [2.05, 4.69) is 35.6 Å². The van der Waals surface area contributed by atoms with Crippen LogP contribution in [0.5, 0.6) is 0 Å². The molecule has 8 nitrogen and oxygen atoms in total. The molecule has 0 unspecified atom stereocenters. The normalized spacial score (nSPS) is 10.9. The molecule has 3 N–H and O–H groups in total. The van der Waals surface area contributed by atoms with Crippen LogP contribution in [0.25, 0.3) is 22.4 Å². The average molecular weight is 426 g/mol. The largest absolute Gasteiger partial charge is 0.341 e. The molecule has 1 aromatic carbocycles. The number of carbonyl (C=O) groups excluding carboxylic acids is 1. The standard InChI is InChI=1S/C20H17ClFN7O/c1-2-4-14(30)28-13-7-6-12(22)17(15(13)21)29-19-11(5-3-8-23-19)16-18-20(26-9-24-16)27-10-25-18/h3,5-10H,2,4H2,1H3,(H,23,29)(H,28,30)(H,24,25,26,27). The monoisotopic (exact) mass is 425 g/mol. The Morgan fingerprint density at radius 1 is 1.20 bits per heavy atom. The number of anilines is 3. The van der Waals surface area contributed by atoms with E-state index in [-0.39, 0.29) is 16.6 Å². The summed E-state index contributed by atoms with van der Waals surface area (Å²) < 4.78 is 14.6. The summed E-state index contributed by atoms with van der Waals surface area (Å²) in [5.74, 6) is -0.442. The van der Waals surface area contributed by atoms with Crippen LogP contribution in [0.3, 0.4) is 0 Å². The Morgan fingerprint density at radius 3 is 2.90 bits per heavy atom. The molecule has 10 heteroatoms. The Hall–Kier alpha value is -3.59. The average Bonchev–Trinajstić information content (AvgIpc) is 3.23. The third-order valence-corrected chi connectivity index (χ3v) is 4.76. The fourth-order valence-corrected chi connectivity index (χ4v) is 3.23. The first-order valence-electron chi connectivity index (χ1n) is 9.22. The van der Waals surface area contributed by atoms with Gasteiger partial charge in [-0.2, -0.15) is 0 Å². The maximum atomic E-state index is 14.6. The van der Waals surface area contributed by atoms with Gasteiger partial charge in [0, 0.05) is 18.2 Å². The molecule has 0 aliphatic rings. The van der Waals surface area contributed by atoms with Crippen LogP contribution < -0.4 is 10.6 Å². The topological polar surface area (TPSA) is 108 Å². The number of carbonyl (C=O) groups is 1. The van der Waals surface area contributed by atoms with E-state index in [1.54, 1.807) is 18.3 Å². The fraction of sp³-hybridized carbons (Fsp3) is 0.150. The lowest BCUT2D eigenvalue weighted by Gasteiger charge is -2.15. The number of imidazole rings is 1. The van der Waals surface area contributed by atoms with E-state index in [0.29, 0.717) is 46.8 Å². The molecule has 0 fully saturated rings. The number of pyridine rings is 1. The highest BCUT2D eigenvalue weighted by Gasteiger charge is 2.18. The minimum atomic E-state index is -0.584. The summed E-state index contributed by atoms with van der Waals surface area (Å²) in [6.07, 6.45) is 5.51. The molecule has 0 aliphatic carbocycles. The maximum absolute atomic E-state index is 14.6. The van der Waals surface area contributed by atoms with Crippen LogP contribution in [0.4, 0.5) is 21.6 Å². The van der Waals surface area contributed by atoms with Gasteiger partial charge < -0.3 is 15.6 Å². The number of nitrogens with zero attached hydrogens (tertiary/aromatic N) is 4. The van der Waals surface area contributed by atoms with Gasteiger partial charge in [0.1, 0.15) is 29.2 Å². The number of aromatic nitrogens is 5. The highest BCUT2D eigenvalue weighted by molar-refractivity contribution is 6.36. The predicted octanol–water partition coefficient (Wildman–Crippen LogP) is 4.69. The molecule has 0 spiro atoms. The van der Waals surface area contributed by atoms with E-state index in [1.165, 1.54) is 24.8 Å². The van der Waals surface area contributed by atoms with Crippen molar-refractivity contribution in [3.8, 4) is 11.3 Å². The first kappa shape index (κ1) is 19.7. The van der Waals surface area contributed by atoms with Gasteiger partial charge in [0.05, 0.1) is 22.7 Å². The molecular weight excluding hydrogens is 409 g/mol. The van der Waals surface area contributed by atoms with E-state index in [0.717, 1.165) is 0 Å². The second kappa shape index (κ2) is 8.42. The van der Waals surface area contributed by atoms with Crippen molar-refractivity contribution in [2.45, 2.75) is 19.8 Å². The molecule has 152 valence electrons. The number of H-pyrrole nitrogens is 1. The number of hydrogen-bond donors (Lipinski definition) is 3. The minimum Gasteiger partial charge on any atom is -0.341 e. The summed E-state index contributed by atoms with van der Waals surface area (Å²) in [6, 6.07) is 6.19. The van der Waals surface area contributed by atoms with Crippen molar-refractivity contribution in [2.75, 3.05) is 10.6 Å². The number of fused-ring (bicyclic) bond motifs is 1. The van der Waals surface area contributed by atoms with Gasteiger partial charge in [-0.1, -0.05) is 18.5 Å². The summed E-state index contributed by atoms with van der Waals surface area (Å²) in [5.41, 5.74) is 2.60. The molecule has 1 amide bonds. The number of amides is 1. The lowest BCUT2D eigenvalue weighted by Crippen LogP contribution is -2.12. The SMILES string of the molecule is CCCC(=O)Nc1ccc(F)c(Nc2ncccc2-c2ncnc3nc[nH]c23)c1Cl. The Morgan fingerprint density at radius 2 is 2.07 bits per heavy atom. The first-order valence-corrected chi connectivity index (χ1v) is 9.60. The summed E-state index contributed by atoms with van der Waals surface area (Å²) in [6.45, 7) is 1.89. The highest BCUT2D eigenvalue weighted by Crippen LogP contribution is 2.37. The smallest absolute Gasteiger partial charge is 0.224 e. The molecule has 3 heterocycles. The van der Waals surface area contributed by atoms with Gasteiger partial charge in [-0.15, -0.1) is 0 Å². The summed E-state index contributed by atoms with van der Waals surface area (Å²) >= 11 is 6.40. The van der Waals surface area contributed by atoms with Gasteiger partial charge in [-0.25, -0.2) is 24.3 Å². The van der Waals surface area contributed by atoms with Crippen molar-refractivity contribution in [1.29, 1.82) is 0 Å². The van der Waals surface area contributed by atoms with Crippen LogP contribution in [0.1, 0.15) is 19.8 Å². The Balaban J connectivity index is 1.74. The molecule has 3 aromatic heterocycles. The van der Waals surface area contributed by atoms with Crippen LogP contribution in [0.2, 0.25) is 5.02 Å². The third kappa shape index (κ3) is 3.79. The number of aromatic amines is 1. The number of halogens is 2. The molecule has 0 bridgehead atoms. The second-order valence-corrected chi connectivity index (χ2v) is 6.81. The lowest BCUT2D eigenvalue weighted by atomic mass is 10.1. The van der Waals surface area contributed by atoms with Crippen molar-refractivity contribution in [3.63, 3.8) is 0 Å². The van der Waals surface area contributed by atoms with E-state index in [1.807, 2.05) is 6.92 Å². The van der Waals surface area contributed by atoms with E-state index in [9.17, 15) is 9.18 Å². The lowest BCUT2D eigenvalue weighted by molar-refractivity contribution is -0.116. The zero-order chi connectivity index (χ0) is 21.1. The fourth-order valence-electron chi connectivity index (χ4n) is 2.99. The molecule has 0 saturated heterocycles. The number of hydrogen-bond acceptors (Lipinski definition) is 6. The molecule has 4 aromatic rings. The summed E-state index contributed by atoms with van der Waals surface area (Å²) in [4.78, 5) is 31.8. The molecule has 30 heavy (non-hydrogen) atoms. The molecule has 0 saturated carbocycles. The van der Waals surface area contributed by atoms with Crippen LogP contribution in [-0.2, 0) is 4.79 Å². The van der Waals surface area contributed by atoms with Crippen molar-refractivity contribution >= 4 is 45.9 Å². The van der Waals surface area contributed by atoms with Gasteiger partial charge in [-0.05, 0) is 30.7 Å².